The smallest absolute Gasteiger partial charge is 0.257 e. The summed E-state index contributed by atoms with van der Waals surface area (Å²) in [6, 6.07) is 13.6. The third-order valence-electron chi connectivity index (χ3n) is 4.53. The van der Waals surface area contributed by atoms with Crippen LogP contribution in [0.2, 0.25) is 5.02 Å². The van der Waals surface area contributed by atoms with E-state index in [1.165, 1.54) is 22.9 Å². The Hall–Kier alpha value is -3.25. The van der Waals surface area contributed by atoms with E-state index in [1.54, 1.807) is 38.5 Å². The van der Waals surface area contributed by atoms with Gasteiger partial charge < -0.3 is 19.4 Å². The Morgan fingerprint density at radius 2 is 1.76 bits per heavy atom. The maximum atomic E-state index is 12.7. The van der Waals surface area contributed by atoms with Gasteiger partial charge in [0.25, 0.3) is 11.5 Å². The summed E-state index contributed by atoms with van der Waals surface area (Å²) in [7, 11) is 3.13. The lowest BCUT2D eigenvalue weighted by Crippen LogP contribution is -2.22. The highest BCUT2D eigenvalue weighted by Gasteiger charge is 2.11. The number of carbonyl (C=O) groups excluding carboxylic acids is 1. The van der Waals surface area contributed by atoms with Gasteiger partial charge in [-0.3, -0.25) is 9.59 Å². The molecule has 29 heavy (non-hydrogen) atoms. The number of aromatic nitrogens is 1. The summed E-state index contributed by atoms with van der Waals surface area (Å²) in [6.45, 7) is 2.10. The summed E-state index contributed by atoms with van der Waals surface area (Å²) < 4.78 is 12.0. The van der Waals surface area contributed by atoms with Gasteiger partial charge in [-0.2, -0.15) is 0 Å². The average Bonchev–Trinajstić information content (AvgIpc) is 2.72. The van der Waals surface area contributed by atoms with Crippen LogP contribution in [0.3, 0.4) is 0 Å². The molecule has 1 amide bonds. The molecule has 1 N–H and O–H groups in total. The topological polar surface area (TPSA) is 69.6 Å². The first-order valence-electron chi connectivity index (χ1n) is 8.90. The minimum absolute atomic E-state index is 0.220. The number of benzene rings is 2. The van der Waals surface area contributed by atoms with Crippen molar-refractivity contribution in [2.24, 2.45) is 0 Å². The number of amides is 1. The van der Waals surface area contributed by atoms with Gasteiger partial charge in [0.1, 0.15) is 11.5 Å². The van der Waals surface area contributed by atoms with E-state index in [1.807, 2.05) is 19.1 Å². The molecule has 0 spiro atoms. The fourth-order valence-corrected chi connectivity index (χ4v) is 3.06. The molecule has 0 radical (unpaired) electrons. The van der Waals surface area contributed by atoms with E-state index in [2.05, 4.69) is 5.32 Å². The van der Waals surface area contributed by atoms with Crippen molar-refractivity contribution in [3.8, 4) is 11.5 Å². The fourth-order valence-electron chi connectivity index (χ4n) is 2.88. The van der Waals surface area contributed by atoms with Crippen molar-refractivity contribution >= 4 is 23.2 Å². The van der Waals surface area contributed by atoms with E-state index in [9.17, 15) is 9.59 Å². The van der Waals surface area contributed by atoms with Crippen molar-refractivity contribution in [1.82, 2.24) is 4.57 Å². The van der Waals surface area contributed by atoms with E-state index in [-0.39, 0.29) is 18.0 Å². The van der Waals surface area contributed by atoms with Gasteiger partial charge in [0.05, 0.1) is 26.3 Å². The molecule has 0 saturated carbocycles. The molecule has 1 aromatic heterocycles. The number of nitrogens with one attached hydrogen (secondary N) is 1. The van der Waals surface area contributed by atoms with Crippen LogP contribution >= 0.6 is 11.6 Å². The average molecular weight is 413 g/mol. The molecule has 0 unspecified atom stereocenters. The molecule has 150 valence electrons. The molecule has 7 heteroatoms. The van der Waals surface area contributed by atoms with Crippen LogP contribution in [0.5, 0.6) is 11.5 Å². The number of hydrogen-bond donors (Lipinski definition) is 1. The van der Waals surface area contributed by atoms with Crippen LogP contribution < -0.4 is 20.3 Å². The van der Waals surface area contributed by atoms with Crippen molar-refractivity contribution in [3.05, 3.63) is 86.8 Å². The van der Waals surface area contributed by atoms with Gasteiger partial charge in [-0.05, 0) is 48.4 Å². The predicted octanol–water partition coefficient (Wildman–Crippen LogP) is 4.13. The van der Waals surface area contributed by atoms with Crippen LogP contribution in [0.1, 0.15) is 21.5 Å². The van der Waals surface area contributed by atoms with Crippen LogP contribution in [0.4, 0.5) is 5.69 Å². The Bertz CT molecular complexity index is 1090. The molecule has 0 fully saturated rings. The lowest BCUT2D eigenvalue weighted by Gasteiger charge is -2.12. The van der Waals surface area contributed by atoms with Crippen molar-refractivity contribution in [3.63, 3.8) is 0 Å². The molecule has 1 heterocycles. The summed E-state index contributed by atoms with van der Waals surface area (Å²) in [5, 5.41) is 3.40. The number of anilines is 1. The molecule has 0 saturated heterocycles. The Labute approximate surface area is 173 Å². The van der Waals surface area contributed by atoms with Crippen molar-refractivity contribution in [2.45, 2.75) is 13.5 Å². The molecule has 0 aliphatic heterocycles. The second-order valence-corrected chi connectivity index (χ2v) is 6.88. The summed E-state index contributed by atoms with van der Waals surface area (Å²) >= 11 is 6.11. The fraction of sp³-hybridized carbons (Fsp3) is 0.182. The first-order valence-corrected chi connectivity index (χ1v) is 9.28. The number of rotatable bonds is 6. The number of nitrogens with zero attached hydrogens (tertiary/aromatic N) is 1. The van der Waals surface area contributed by atoms with Crippen LogP contribution in [0, 0.1) is 6.92 Å². The second kappa shape index (κ2) is 8.84. The Balaban J connectivity index is 1.87. The summed E-state index contributed by atoms with van der Waals surface area (Å²) in [5.74, 6) is 0.919. The van der Waals surface area contributed by atoms with Crippen molar-refractivity contribution < 1.29 is 14.3 Å². The molecule has 3 rings (SSSR count). The van der Waals surface area contributed by atoms with Gasteiger partial charge in [-0.1, -0.05) is 17.7 Å². The molecular formula is C22H21ClN2O4. The highest BCUT2D eigenvalue weighted by molar-refractivity contribution is 6.31. The van der Waals surface area contributed by atoms with Crippen LogP contribution in [-0.4, -0.2) is 24.7 Å². The summed E-state index contributed by atoms with van der Waals surface area (Å²) in [5.41, 5.74) is 2.35. The van der Waals surface area contributed by atoms with E-state index in [0.29, 0.717) is 27.8 Å². The van der Waals surface area contributed by atoms with Gasteiger partial charge in [0.15, 0.2) is 0 Å². The number of ether oxygens (including phenoxy) is 2. The number of pyridine rings is 1. The highest BCUT2D eigenvalue weighted by atomic mass is 35.5. The molecule has 0 atom stereocenters. The van der Waals surface area contributed by atoms with Gasteiger partial charge in [0.2, 0.25) is 0 Å². The molecule has 0 aliphatic carbocycles. The minimum atomic E-state index is -0.327. The van der Waals surface area contributed by atoms with Crippen LogP contribution in [-0.2, 0) is 6.54 Å². The monoisotopic (exact) mass is 412 g/mol. The number of methoxy groups -OCH3 is 2. The normalized spacial score (nSPS) is 10.5. The van der Waals surface area contributed by atoms with Crippen LogP contribution in [0.15, 0.2) is 59.5 Å². The quantitative estimate of drug-likeness (QED) is 0.661. The van der Waals surface area contributed by atoms with Crippen molar-refractivity contribution in [1.29, 1.82) is 0 Å². The minimum Gasteiger partial charge on any atom is -0.497 e. The summed E-state index contributed by atoms with van der Waals surface area (Å²) in [4.78, 5) is 25.0. The van der Waals surface area contributed by atoms with E-state index in [4.69, 9.17) is 21.1 Å². The highest BCUT2D eigenvalue weighted by Crippen LogP contribution is 2.24. The Kier molecular flexibility index (Phi) is 6.24. The van der Waals surface area contributed by atoms with Gasteiger partial charge in [-0.25, -0.2) is 0 Å². The number of halogens is 1. The molecule has 6 nitrogen and oxygen atoms in total. The van der Waals surface area contributed by atoms with Gasteiger partial charge in [-0.15, -0.1) is 0 Å². The molecular weight excluding hydrogens is 392 g/mol. The summed E-state index contributed by atoms with van der Waals surface area (Å²) in [6.07, 6.45) is 1.53. The largest absolute Gasteiger partial charge is 0.497 e. The predicted molar refractivity (Wildman–Crippen MR) is 113 cm³/mol. The van der Waals surface area contributed by atoms with Gasteiger partial charge in [0, 0.05) is 29.0 Å². The van der Waals surface area contributed by atoms with Crippen LogP contribution in [0.25, 0.3) is 0 Å². The third-order valence-corrected chi connectivity index (χ3v) is 4.94. The Morgan fingerprint density at radius 3 is 2.41 bits per heavy atom. The lowest BCUT2D eigenvalue weighted by atomic mass is 10.1. The number of carbonyl (C=O) groups is 1. The zero-order valence-electron chi connectivity index (χ0n) is 16.4. The van der Waals surface area contributed by atoms with E-state index < -0.39 is 0 Å². The second-order valence-electron chi connectivity index (χ2n) is 6.47. The van der Waals surface area contributed by atoms with E-state index >= 15 is 0 Å². The maximum Gasteiger partial charge on any atom is 0.257 e. The Morgan fingerprint density at radius 1 is 1.07 bits per heavy atom. The third kappa shape index (κ3) is 4.78. The zero-order valence-corrected chi connectivity index (χ0v) is 17.1. The number of hydrogen-bond acceptors (Lipinski definition) is 4. The zero-order chi connectivity index (χ0) is 21.0. The first-order chi connectivity index (χ1) is 13.9. The molecule has 2 aromatic carbocycles. The molecule has 3 aromatic rings. The van der Waals surface area contributed by atoms with E-state index in [0.717, 1.165) is 11.1 Å². The SMILES string of the molecule is COc1cc(Cn2cc(C(=O)Nc3cccc(Cl)c3C)ccc2=O)cc(OC)c1. The lowest BCUT2D eigenvalue weighted by molar-refractivity contribution is 0.102. The van der Waals surface area contributed by atoms with Gasteiger partial charge >= 0.3 is 0 Å². The first kappa shape index (κ1) is 20.5. The maximum absolute atomic E-state index is 12.7. The molecule has 0 bridgehead atoms. The molecule has 0 aliphatic rings. The standard InChI is InChI=1S/C22H21ClN2O4/c1-14-19(23)5-4-6-20(14)24-22(27)16-7-8-21(26)25(13-16)12-15-9-17(28-2)11-18(10-15)29-3/h4-11,13H,12H2,1-3H3,(H,24,27). The van der Waals surface area contributed by atoms with Crippen molar-refractivity contribution in [2.75, 3.05) is 19.5 Å².